The first-order valence-corrected chi connectivity index (χ1v) is 10.6. The van der Waals surface area contributed by atoms with Crippen LogP contribution in [-0.4, -0.2) is 61.2 Å². The Kier molecular flexibility index (Phi) is 4.33. The molecule has 148 valence electrons. The molecule has 0 radical (unpaired) electrons. The molecule has 10 nitrogen and oxygen atoms in total. The number of nitrogens with one attached hydrogen (secondary N) is 2. The SMILES string of the molecule is Cc1[nH]cnc1-c1nccn1[C@@H]1CS(=O)(=O)C[C@H]1NC(=O)c1cnn(C)c1C. The third-order valence-corrected chi connectivity index (χ3v) is 6.90. The van der Waals surface area contributed by atoms with Gasteiger partial charge >= 0.3 is 0 Å². The van der Waals surface area contributed by atoms with E-state index in [1.165, 1.54) is 6.20 Å². The number of aromatic nitrogens is 6. The number of carbonyl (C=O) groups is 1. The molecule has 2 atom stereocenters. The van der Waals surface area contributed by atoms with E-state index < -0.39 is 21.9 Å². The van der Waals surface area contributed by atoms with Crippen LogP contribution in [0.15, 0.2) is 24.9 Å². The minimum atomic E-state index is -3.31. The second kappa shape index (κ2) is 6.59. The summed E-state index contributed by atoms with van der Waals surface area (Å²) in [4.78, 5) is 24.4. The van der Waals surface area contributed by atoms with Crippen LogP contribution in [0.2, 0.25) is 0 Å². The molecule has 11 heteroatoms. The van der Waals surface area contributed by atoms with Gasteiger partial charge in [0.25, 0.3) is 5.91 Å². The Morgan fingerprint density at radius 3 is 2.71 bits per heavy atom. The number of aryl methyl sites for hydroxylation is 2. The van der Waals surface area contributed by atoms with Crippen molar-refractivity contribution in [1.82, 2.24) is 34.6 Å². The van der Waals surface area contributed by atoms with Crippen molar-refractivity contribution in [3.63, 3.8) is 0 Å². The first-order valence-electron chi connectivity index (χ1n) is 8.80. The zero-order valence-corrected chi connectivity index (χ0v) is 16.6. The normalized spacial score (nSPS) is 21.1. The topological polar surface area (TPSA) is 128 Å². The van der Waals surface area contributed by atoms with E-state index in [0.29, 0.717) is 22.8 Å². The summed E-state index contributed by atoms with van der Waals surface area (Å²) in [5.41, 5.74) is 2.63. The van der Waals surface area contributed by atoms with E-state index in [1.54, 1.807) is 41.9 Å². The summed E-state index contributed by atoms with van der Waals surface area (Å²) in [6.45, 7) is 3.66. The Labute approximate surface area is 161 Å². The number of carbonyl (C=O) groups excluding carboxylic acids is 1. The van der Waals surface area contributed by atoms with Crippen LogP contribution in [0.4, 0.5) is 0 Å². The predicted molar refractivity (Wildman–Crippen MR) is 101 cm³/mol. The number of hydrogen-bond acceptors (Lipinski definition) is 6. The van der Waals surface area contributed by atoms with E-state index in [4.69, 9.17) is 0 Å². The van der Waals surface area contributed by atoms with E-state index in [1.807, 2.05) is 6.92 Å². The fourth-order valence-corrected chi connectivity index (χ4v) is 5.46. The molecule has 28 heavy (non-hydrogen) atoms. The van der Waals surface area contributed by atoms with Crippen molar-refractivity contribution in [2.45, 2.75) is 25.9 Å². The lowest BCUT2D eigenvalue weighted by atomic mass is 10.1. The van der Waals surface area contributed by atoms with Crippen LogP contribution in [0.5, 0.6) is 0 Å². The number of hydrogen-bond donors (Lipinski definition) is 2. The largest absolute Gasteiger partial charge is 0.348 e. The molecule has 0 saturated carbocycles. The summed E-state index contributed by atoms with van der Waals surface area (Å²) >= 11 is 0. The van der Waals surface area contributed by atoms with Gasteiger partial charge in [0.2, 0.25) is 0 Å². The lowest BCUT2D eigenvalue weighted by Crippen LogP contribution is -2.41. The molecule has 3 aromatic heterocycles. The van der Waals surface area contributed by atoms with Crippen molar-refractivity contribution < 1.29 is 13.2 Å². The molecule has 1 fully saturated rings. The molecule has 4 rings (SSSR count). The number of amides is 1. The highest BCUT2D eigenvalue weighted by molar-refractivity contribution is 7.91. The fourth-order valence-electron chi connectivity index (χ4n) is 3.56. The van der Waals surface area contributed by atoms with Gasteiger partial charge in [-0.1, -0.05) is 0 Å². The molecule has 3 aromatic rings. The standard InChI is InChI=1S/C17H21N7O3S/c1-10-15(20-9-19-10)16-18-4-5-24(16)14-8-28(26,27)7-13(14)22-17(25)12-6-21-23(3)11(12)2/h4-6,9,13-14H,7-8H2,1-3H3,(H,19,20)(H,22,25)/t13-,14-/m1/s1. The molecule has 1 aliphatic heterocycles. The highest BCUT2D eigenvalue weighted by atomic mass is 32.2. The van der Waals surface area contributed by atoms with E-state index in [9.17, 15) is 13.2 Å². The van der Waals surface area contributed by atoms with Gasteiger partial charge in [-0.15, -0.1) is 0 Å². The molecular formula is C17H21N7O3S. The molecule has 0 aliphatic carbocycles. The molecule has 0 unspecified atom stereocenters. The number of aromatic amines is 1. The Hall–Kier alpha value is -2.95. The number of imidazole rings is 2. The van der Waals surface area contributed by atoms with Gasteiger partial charge in [0, 0.05) is 30.8 Å². The van der Waals surface area contributed by atoms with Crippen LogP contribution < -0.4 is 5.32 Å². The van der Waals surface area contributed by atoms with Crippen LogP contribution in [0.1, 0.15) is 27.8 Å². The minimum absolute atomic E-state index is 0.0726. The molecule has 2 N–H and O–H groups in total. The highest BCUT2D eigenvalue weighted by Crippen LogP contribution is 2.29. The van der Waals surface area contributed by atoms with E-state index in [-0.39, 0.29) is 17.4 Å². The fraction of sp³-hybridized carbons (Fsp3) is 0.412. The second-order valence-electron chi connectivity index (χ2n) is 7.03. The summed E-state index contributed by atoms with van der Waals surface area (Å²) < 4.78 is 28.1. The zero-order valence-electron chi connectivity index (χ0n) is 15.7. The van der Waals surface area contributed by atoms with Gasteiger partial charge in [-0.05, 0) is 13.8 Å². The zero-order chi connectivity index (χ0) is 20.1. The summed E-state index contributed by atoms with van der Waals surface area (Å²) in [6, 6.07) is -1.05. The molecule has 1 aliphatic rings. The van der Waals surface area contributed by atoms with Crippen LogP contribution in [0.25, 0.3) is 11.5 Å². The van der Waals surface area contributed by atoms with Crippen molar-refractivity contribution in [1.29, 1.82) is 0 Å². The number of sulfone groups is 1. The average molecular weight is 403 g/mol. The lowest BCUT2D eigenvalue weighted by Gasteiger charge is -2.22. The molecule has 4 heterocycles. The second-order valence-corrected chi connectivity index (χ2v) is 9.18. The third-order valence-electron chi connectivity index (χ3n) is 5.19. The van der Waals surface area contributed by atoms with Crippen molar-refractivity contribution in [2.24, 2.45) is 7.05 Å². The summed E-state index contributed by atoms with van der Waals surface area (Å²) in [6.07, 6.45) is 6.39. The predicted octanol–water partition coefficient (Wildman–Crippen LogP) is 0.392. The number of H-pyrrole nitrogens is 1. The Morgan fingerprint density at radius 2 is 2.07 bits per heavy atom. The highest BCUT2D eigenvalue weighted by Gasteiger charge is 2.41. The van der Waals surface area contributed by atoms with Gasteiger partial charge in [0.15, 0.2) is 15.7 Å². The van der Waals surface area contributed by atoms with Crippen molar-refractivity contribution in [3.05, 3.63) is 41.9 Å². The van der Waals surface area contributed by atoms with Crippen molar-refractivity contribution >= 4 is 15.7 Å². The summed E-state index contributed by atoms with van der Waals surface area (Å²) in [5, 5.41) is 6.96. The van der Waals surface area contributed by atoms with Gasteiger partial charge in [0.1, 0.15) is 5.69 Å². The Morgan fingerprint density at radius 1 is 1.29 bits per heavy atom. The molecule has 0 bridgehead atoms. The van der Waals surface area contributed by atoms with Gasteiger partial charge in [0.05, 0.1) is 41.7 Å². The molecule has 0 aromatic carbocycles. The molecular weight excluding hydrogens is 382 g/mol. The summed E-state index contributed by atoms with van der Waals surface area (Å²) in [7, 11) is -1.56. The molecule has 1 amide bonds. The first kappa shape index (κ1) is 18.4. The van der Waals surface area contributed by atoms with E-state index >= 15 is 0 Å². The van der Waals surface area contributed by atoms with Gasteiger partial charge in [-0.2, -0.15) is 5.10 Å². The smallest absolute Gasteiger partial charge is 0.255 e. The van der Waals surface area contributed by atoms with Crippen LogP contribution in [0, 0.1) is 13.8 Å². The Bertz CT molecular complexity index is 1140. The number of nitrogens with zero attached hydrogens (tertiary/aromatic N) is 5. The van der Waals surface area contributed by atoms with E-state index in [2.05, 4.69) is 25.4 Å². The molecule has 1 saturated heterocycles. The number of rotatable bonds is 4. The summed E-state index contributed by atoms with van der Waals surface area (Å²) in [5.74, 6) is 0.0319. The van der Waals surface area contributed by atoms with Crippen LogP contribution in [0.3, 0.4) is 0 Å². The van der Waals surface area contributed by atoms with Crippen molar-refractivity contribution in [3.8, 4) is 11.5 Å². The Balaban J connectivity index is 1.67. The van der Waals surface area contributed by atoms with Gasteiger partial charge in [-0.3, -0.25) is 9.48 Å². The van der Waals surface area contributed by atoms with Crippen LogP contribution >= 0.6 is 0 Å². The van der Waals surface area contributed by atoms with Gasteiger partial charge in [-0.25, -0.2) is 18.4 Å². The third kappa shape index (κ3) is 3.11. The maximum absolute atomic E-state index is 12.7. The maximum atomic E-state index is 12.7. The molecule has 0 spiro atoms. The first-order chi connectivity index (χ1) is 13.3. The van der Waals surface area contributed by atoms with Crippen LogP contribution in [-0.2, 0) is 16.9 Å². The average Bonchev–Trinajstić information content (AvgIpc) is 3.37. The minimum Gasteiger partial charge on any atom is -0.348 e. The monoisotopic (exact) mass is 403 g/mol. The maximum Gasteiger partial charge on any atom is 0.255 e. The lowest BCUT2D eigenvalue weighted by molar-refractivity contribution is 0.0932. The van der Waals surface area contributed by atoms with Crippen molar-refractivity contribution in [2.75, 3.05) is 11.5 Å². The quantitative estimate of drug-likeness (QED) is 0.649. The van der Waals surface area contributed by atoms with E-state index in [0.717, 1.165) is 5.69 Å². The van der Waals surface area contributed by atoms with Gasteiger partial charge < -0.3 is 14.9 Å².